The fourth-order valence-electron chi connectivity index (χ4n) is 3.54. The standard InChI is InChI=1S/C22H22ClN5O3S/c23-17-7-9-18(10-8-17)27-32(30,31)20-6-1-5-19(14-20)26-21(29)16-4-2-13-28(15-16)22-24-11-3-12-25-22/h1,3,5-12,14,16,27H,2,4,13,15H2,(H,26,29). The zero-order valence-electron chi connectivity index (χ0n) is 17.1. The molecule has 0 radical (unpaired) electrons. The van der Waals surface area contributed by atoms with Crippen LogP contribution in [-0.2, 0) is 14.8 Å². The Morgan fingerprint density at radius 3 is 2.53 bits per heavy atom. The van der Waals surface area contributed by atoms with E-state index in [1.54, 1.807) is 54.9 Å². The van der Waals surface area contributed by atoms with E-state index in [0.717, 1.165) is 19.4 Å². The molecule has 166 valence electrons. The number of carbonyl (C=O) groups is 1. The SMILES string of the molecule is O=C(Nc1cccc(S(=O)(=O)Nc2ccc(Cl)cc2)c1)C1CCCN(c2ncccn2)C1. The molecule has 2 heterocycles. The van der Waals surface area contributed by atoms with E-state index in [9.17, 15) is 13.2 Å². The summed E-state index contributed by atoms with van der Waals surface area (Å²) in [5.41, 5.74) is 0.816. The van der Waals surface area contributed by atoms with Crippen molar-refractivity contribution in [3.8, 4) is 0 Å². The van der Waals surface area contributed by atoms with Crippen molar-refractivity contribution in [3.05, 3.63) is 72.0 Å². The maximum absolute atomic E-state index is 12.9. The summed E-state index contributed by atoms with van der Waals surface area (Å²) >= 11 is 5.85. The molecule has 1 saturated heterocycles. The van der Waals surface area contributed by atoms with Crippen LogP contribution in [0.4, 0.5) is 17.3 Å². The average Bonchev–Trinajstić information content (AvgIpc) is 2.81. The van der Waals surface area contributed by atoms with Crippen LogP contribution in [0.5, 0.6) is 0 Å². The number of aromatic nitrogens is 2. The van der Waals surface area contributed by atoms with Crippen LogP contribution in [0.1, 0.15) is 12.8 Å². The van der Waals surface area contributed by atoms with E-state index < -0.39 is 10.0 Å². The van der Waals surface area contributed by atoms with Crippen molar-refractivity contribution in [2.45, 2.75) is 17.7 Å². The van der Waals surface area contributed by atoms with E-state index in [1.807, 2.05) is 4.90 Å². The van der Waals surface area contributed by atoms with E-state index >= 15 is 0 Å². The topological polar surface area (TPSA) is 104 Å². The molecule has 8 nitrogen and oxygen atoms in total. The Kier molecular flexibility index (Phi) is 6.57. The second-order valence-electron chi connectivity index (χ2n) is 7.46. The van der Waals surface area contributed by atoms with Gasteiger partial charge in [-0.2, -0.15) is 0 Å². The molecule has 2 aromatic carbocycles. The lowest BCUT2D eigenvalue weighted by Gasteiger charge is -2.31. The summed E-state index contributed by atoms with van der Waals surface area (Å²) < 4.78 is 28.0. The molecule has 1 fully saturated rings. The van der Waals surface area contributed by atoms with Crippen molar-refractivity contribution in [1.82, 2.24) is 9.97 Å². The number of amides is 1. The zero-order chi connectivity index (χ0) is 22.6. The van der Waals surface area contributed by atoms with Gasteiger partial charge in [0, 0.05) is 41.9 Å². The number of sulfonamides is 1. The highest BCUT2D eigenvalue weighted by Crippen LogP contribution is 2.24. The minimum Gasteiger partial charge on any atom is -0.340 e. The minimum atomic E-state index is -3.82. The smallest absolute Gasteiger partial charge is 0.261 e. The normalized spacial score (nSPS) is 16.4. The van der Waals surface area contributed by atoms with Crippen molar-refractivity contribution in [1.29, 1.82) is 0 Å². The number of carbonyl (C=O) groups excluding carboxylic acids is 1. The highest BCUT2D eigenvalue weighted by Gasteiger charge is 2.27. The molecule has 0 saturated carbocycles. The molecule has 1 aromatic heterocycles. The number of nitrogens with one attached hydrogen (secondary N) is 2. The molecule has 3 aromatic rings. The fraction of sp³-hybridized carbons (Fsp3) is 0.227. The van der Waals surface area contributed by atoms with Gasteiger partial charge in [-0.15, -0.1) is 0 Å². The first-order chi connectivity index (χ1) is 15.4. The van der Waals surface area contributed by atoms with Crippen LogP contribution in [0.2, 0.25) is 5.02 Å². The molecule has 0 bridgehead atoms. The maximum Gasteiger partial charge on any atom is 0.261 e. The first-order valence-electron chi connectivity index (χ1n) is 10.1. The lowest BCUT2D eigenvalue weighted by molar-refractivity contribution is -0.120. The molecule has 1 atom stereocenters. The van der Waals surface area contributed by atoms with Gasteiger partial charge in [-0.25, -0.2) is 18.4 Å². The molecule has 4 rings (SSSR count). The number of rotatable bonds is 6. The Morgan fingerprint density at radius 2 is 1.78 bits per heavy atom. The van der Waals surface area contributed by atoms with Gasteiger partial charge in [0.2, 0.25) is 11.9 Å². The number of hydrogen-bond acceptors (Lipinski definition) is 6. The first-order valence-corrected chi connectivity index (χ1v) is 12.0. The summed E-state index contributed by atoms with van der Waals surface area (Å²) in [6.45, 7) is 1.30. The van der Waals surface area contributed by atoms with Gasteiger partial charge in [-0.05, 0) is 61.4 Å². The van der Waals surface area contributed by atoms with Crippen molar-refractivity contribution in [3.63, 3.8) is 0 Å². The van der Waals surface area contributed by atoms with Gasteiger partial charge in [0.1, 0.15) is 0 Å². The van der Waals surface area contributed by atoms with Gasteiger partial charge in [0.25, 0.3) is 10.0 Å². The second-order valence-corrected chi connectivity index (χ2v) is 9.58. The Balaban J connectivity index is 1.44. The summed E-state index contributed by atoms with van der Waals surface area (Å²) in [5, 5.41) is 3.36. The zero-order valence-corrected chi connectivity index (χ0v) is 18.7. The third kappa shape index (κ3) is 5.35. The number of halogens is 1. The number of hydrogen-bond donors (Lipinski definition) is 2. The number of piperidine rings is 1. The third-order valence-electron chi connectivity index (χ3n) is 5.14. The Morgan fingerprint density at radius 1 is 1.03 bits per heavy atom. The van der Waals surface area contributed by atoms with Crippen molar-refractivity contribution in [2.75, 3.05) is 28.0 Å². The first kappa shape index (κ1) is 22.0. The van der Waals surface area contributed by atoms with Crippen LogP contribution in [0, 0.1) is 5.92 Å². The Hall–Kier alpha value is -3.17. The highest BCUT2D eigenvalue weighted by molar-refractivity contribution is 7.92. The van der Waals surface area contributed by atoms with Crippen LogP contribution < -0.4 is 14.9 Å². The van der Waals surface area contributed by atoms with Gasteiger partial charge in [0.15, 0.2) is 0 Å². The predicted molar refractivity (Wildman–Crippen MR) is 124 cm³/mol. The Labute approximate surface area is 191 Å². The minimum absolute atomic E-state index is 0.0493. The number of nitrogens with zero attached hydrogens (tertiary/aromatic N) is 3. The molecule has 1 unspecified atom stereocenters. The summed E-state index contributed by atoms with van der Waals surface area (Å²) in [6.07, 6.45) is 4.94. The molecule has 2 N–H and O–H groups in total. The summed E-state index contributed by atoms with van der Waals surface area (Å²) in [4.78, 5) is 23.4. The van der Waals surface area contributed by atoms with E-state index in [2.05, 4.69) is 20.0 Å². The van der Waals surface area contributed by atoms with Crippen molar-refractivity contribution in [2.24, 2.45) is 5.92 Å². The fourth-order valence-corrected chi connectivity index (χ4v) is 4.77. The van der Waals surface area contributed by atoms with E-state index in [0.29, 0.717) is 28.9 Å². The maximum atomic E-state index is 12.9. The van der Waals surface area contributed by atoms with Gasteiger partial charge in [-0.1, -0.05) is 17.7 Å². The lowest BCUT2D eigenvalue weighted by atomic mass is 9.97. The van der Waals surface area contributed by atoms with Crippen LogP contribution in [0.3, 0.4) is 0 Å². The molecular formula is C22H22ClN5O3S. The van der Waals surface area contributed by atoms with Gasteiger partial charge in [0.05, 0.1) is 10.8 Å². The van der Waals surface area contributed by atoms with Gasteiger partial charge < -0.3 is 10.2 Å². The predicted octanol–water partition coefficient (Wildman–Crippen LogP) is 3.79. The average molecular weight is 472 g/mol. The molecule has 1 aliphatic heterocycles. The van der Waals surface area contributed by atoms with Gasteiger partial charge >= 0.3 is 0 Å². The number of benzene rings is 2. The van der Waals surface area contributed by atoms with E-state index in [1.165, 1.54) is 12.1 Å². The highest BCUT2D eigenvalue weighted by atomic mass is 35.5. The summed E-state index contributed by atoms with van der Waals surface area (Å²) in [7, 11) is -3.82. The second kappa shape index (κ2) is 9.54. The van der Waals surface area contributed by atoms with Crippen LogP contribution in [-0.4, -0.2) is 37.4 Å². The molecule has 32 heavy (non-hydrogen) atoms. The Bertz CT molecular complexity index is 1190. The molecule has 10 heteroatoms. The molecule has 0 aliphatic carbocycles. The molecule has 1 amide bonds. The summed E-state index contributed by atoms with van der Waals surface area (Å²) in [6, 6.07) is 14.3. The van der Waals surface area contributed by atoms with E-state index in [-0.39, 0.29) is 16.7 Å². The molecular weight excluding hydrogens is 450 g/mol. The molecule has 1 aliphatic rings. The number of anilines is 3. The van der Waals surface area contributed by atoms with Crippen molar-refractivity contribution >= 4 is 44.9 Å². The van der Waals surface area contributed by atoms with E-state index in [4.69, 9.17) is 11.6 Å². The lowest BCUT2D eigenvalue weighted by Crippen LogP contribution is -2.41. The van der Waals surface area contributed by atoms with Crippen molar-refractivity contribution < 1.29 is 13.2 Å². The van der Waals surface area contributed by atoms with Gasteiger partial charge in [-0.3, -0.25) is 9.52 Å². The third-order valence-corrected chi connectivity index (χ3v) is 6.77. The largest absolute Gasteiger partial charge is 0.340 e. The monoisotopic (exact) mass is 471 g/mol. The summed E-state index contributed by atoms with van der Waals surface area (Å²) in [5.74, 6) is 0.192. The van der Waals surface area contributed by atoms with Crippen LogP contribution in [0.15, 0.2) is 71.9 Å². The van der Waals surface area contributed by atoms with Crippen LogP contribution in [0.25, 0.3) is 0 Å². The molecule has 0 spiro atoms. The van der Waals surface area contributed by atoms with Crippen LogP contribution >= 0.6 is 11.6 Å². The quantitative estimate of drug-likeness (QED) is 0.566.